The van der Waals surface area contributed by atoms with Crippen molar-refractivity contribution < 1.29 is 4.74 Å². The molecule has 2 aromatic rings. The average Bonchev–Trinajstić information content (AvgIpc) is 2.34. The number of hydrogen-bond acceptors (Lipinski definition) is 4. The van der Waals surface area contributed by atoms with Gasteiger partial charge in [0.1, 0.15) is 5.75 Å². The molecule has 106 valence electrons. The van der Waals surface area contributed by atoms with Gasteiger partial charge in [-0.2, -0.15) is 4.98 Å². The summed E-state index contributed by atoms with van der Waals surface area (Å²) in [6.45, 7) is 9.01. The molecule has 0 saturated carbocycles. The van der Waals surface area contributed by atoms with E-state index in [9.17, 15) is 0 Å². The molecule has 1 heterocycles. The molecule has 0 aliphatic rings. The zero-order chi connectivity index (χ0) is 14.5. The number of aromatic nitrogens is 2. The Bertz CT molecular complexity index is 576. The lowest BCUT2D eigenvalue weighted by Crippen LogP contribution is -2.05. The van der Waals surface area contributed by atoms with E-state index in [0.29, 0.717) is 11.8 Å². The Morgan fingerprint density at radius 3 is 2.35 bits per heavy atom. The number of nitrogens with one attached hydrogen (secondary N) is 1. The zero-order valence-corrected chi connectivity index (χ0v) is 12.5. The Labute approximate surface area is 120 Å². The number of hydrogen-bond donors (Lipinski definition) is 1. The van der Waals surface area contributed by atoms with Crippen molar-refractivity contribution in [3.05, 3.63) is 41.1 Å². The molecular formula is C16H21N3O. The van der Waals surface area contributed by atoms with E-state index in [1.165, 1.54) is 11.1 Å². The molecule has 0 aliphatic heterocycles. The largest absolute Gasteiger partial charge is 0.439 e. The molecule has 2 rings (SSSR count). The topological polar surface area (TPSA) is 47.0 Å². The number of ether oxygens (including phenoxy) is 1. The molecule has 1 aromatic heterocycles. The van der Waals surface area contributed by atoms with Gasteiger partial charge in [-0.15, -0.1) is 0 Å². The van der Waals surface area contributed by atoms with Gasteiger partial charge in [-0.3, -0.25) is 0 Å². The summed E-state index contributed by atoms with van der Waals surface area (Å²) < 4.78 is 5.85. The predicted molar refractivity (Wildman–Crippen MR) is 81.5 cm³/mol. The van der Waals surface area contributed by atoms with Crippen LogP contribution in [0.15, 0.2) is 24.3 Å². The molecule has 0 atom stereocenters. The maximum Gasteiger partial charge on any atom is 0.226 e. The zero-order valence-electron chi connectivity index (χ0n) is 12.5. The molecule has 0 radical (unpaired) electrons. The third-order valence-corrected chi connectivity index (χ3v) is 2.78. The van der Waals surface area contributed by atoms with Crippen LogP contribution in [0.3, 0.4) is 0 Å². The summed E-state index contributed by atoms with van der Waals surface area (Å²) in [5, 5.41) is 3.18. The standard InChI is InChI=1S/C16H21N3O/c1-5-6-17-16-18-13(4)10-15(19-16)20-14-8-11(2)7-12(3)9-14/h7-10H,5-6H2,1-4H3,(H,17,18,19). The van der Waals surface area contributed by atoms with Crippen LogP contribution in [0.1, 0.15) is 30.2 Å². The molecule has 0 unspecified atom stereocenters. The minimum absolute atomic E-state index is 0.570. The van der Waals surface area contributed by atoms with Crippen LogP contribution in [-0.2, 0) is 0 Å². The smallest absolute Gasteiger partial charge is 0.226 e. The highest BCUT2D eigenvalue weighted by Crippen LogP contribution is 2.23. The van der Waals surface area contributed by atoms with E-state index in [0.717, 1.165) is 24.4 Å². The Morgan fingerprint density at radius 2 is 1.70 bits per heavy atom. The number of nitrogens with zero attached hydrogens (tertiary/aromatic N) is 2. The van der Waals surface area contributed by atoms with Crippen LogP contribution >= 0.6 is 0 Å². The van der Waals surface area contributed by atoms with E-state index in [-0.39, 0.29) is 0 Å². The summed E-state index contributed by atoms with van der Waals surface area (Å²) in [7, 11) is 0. The van der Waals surface area contributed by atoms with Crippen molar-refractivity contribution in [1.29, 1.82) is 0 Å². The van der Waals surface area contributed by atoms with Gasteiger partial charge >= 0.3 is 0 Å². The summed E-state index contributed by atoms with van der Waals surface area (Å²) in [5.41, 5.74) is 3.24. The SMILES string of the molecule is CCCNc1nc(C)cc(Oc2cc(C)cc(C)c2)n1. The normalized spacial score (nSPS) is 10.4. The van der Waals surface area contributed by atoms with Crippen molar-refractivity contribution in [2.24, 2.45) is 0 Å². The number of benzene rings is 1. The van der Waals surface area contributed by atoms with Crippen molar-refractivity contribution in [2.75, 3.05) is 11.9 Å². The van der Waals surface area contributed by atoms with E-state index in [1.54, 1.807) is 0 Å². The Morgan fingerprint density at radius 1 is 1.00 bits per heavy atom. The minimum atomic E-state index is 0.570. The molecule has 4 nitrogen and oxygen atoms in total. The van der Waals surface area contributed by atoms with Crippen LogP contribution in [0.2, 0.25) is 0 Å². The highest BCUT2D eigenvalue weighted by molar-refractivity contribution is 5.37. The first-order valence-electron chi connectivity index (χ1n) is 6.92. The third-order valence-electron chi connectivity index (χ3n) is 2.78. The summed E-state index contributed by atoms with van der Waals surface area (Å²) >= 11 is 0. The van der Waals surface area contributed by atoms with Crippen LogP contribution in [0.5, 0.6) is 11.6 Å². The molecule has 0 aliphatic carbocycles. The second-order valence-electron chi connectivity index (χ2n) is 5.02. The quantitative estimate of drug-likeness (QED) is 0.892. The molecule has 0 spiro atoms. The number of anilines is 1. The van der Waals surface area contributed by atoms with Crippen molar-refractivity contribution in [2.45, 2.75) is 34.1 Å². The van der Waals surface area contributed by atoms with E-state index < -0.39 is 0 Å². The summed E-state index contributed by atoms with van der Waals surface area (Å²) in [5.74, 6) is 1.99. The molecule has 4 heteroatoms. The molecule has 1 N–H and O–H groups in total. The van der Waals surface area contributed by atoms with Crippen molar-refractivity contribution in [3.63, 3.8) is 0 Å². The van der Waals surface area contributed by atoms with Crippen LogP contribution in [-0.4, -0.2) is 16.5 Å². The molecule has 0 fully saturated rings. The highest BCUT2D eigenvalue weighted by atomic mass is 16.5. The number of rotatable bonds is 5. The monoisotopic (exact) mass is 271 g/mol. The lowest BCUT2D eigenvalue weighted by Gasteiger charge is -2.10. The van der Waals surface area contributed by atoms with Crippen molar-refractivity contribution in [1.82, 2.24) is 9.97 Å². The fourth-order valence-corrected chi connectivity index (χ4v) is 2.02. The lowest BCUT2D eigenvalue weighted by molar-refractivity contribution is 0.461. The molecule has 0 bridgehead atoms. The second-order valence-corrected chi connectivity index (χ2v) is 5.02. The van der Waals surface area contributed by atoms with Gasteiger partial charge in [-0.1, -0.05) is 13.0 Å². The van der Waals surface area contributed by atoms with E-state index in [4.69, 9.17) is 4.74 Å². The average molecular weight is 271 g/mol. The maximum absolute atomic E-state index is 5.85. The fourth-order valence-electron chi connectivity index (χ4n) is 2.02. The van der Waals surface area contributed by atoms with Crippen LogP contribution < -0.4 is 10.1 Å². The van der Waals surface area contributed by atoms with Gasteiger partial charge in [0.15, 0.2) is 0 Å². The van der Waals surface area contributed by atoms with E-state index >= 15 is 0 Å². The summed E-state index contributed by atoms with van der Waals surface area (Å²) in [6.07, 6.45) is 1.03. The Hall–Kier alpha value is -2.10. The number of aryl methyl sites for hydroxylation is 3. The molecular weight excluding hydrogens is 250 g/mol. The van der Waals surface area contributed by atoms with Crippen LogP contribution in [0, 0.1) is 20.8 Å². The molecule has 20 heavy (non-hydrogen) atoms. The second kappa shape index (κ2) is 6.37. The van der Waals surface area contributed by atoms with E-state index in [1.807, 2.05) is 25.1 Å². The lowest BCUT2D eigenvalue weighted by atomic mass is 10.1. The molecule has 1 aromatic carbocycles. The summed E-state index contributed by atoms with van der Waals surface area (Å²) in [6, 6.07) is 7.97. The van der Waals surface area contributed by atoms with Gasteiger partial charge in [-0.05, 0) is 50.5 Å². The third kappa shape index (κ3) is 3.95. The minimum Gasteiger partial charge on any atom is -0.439 e. The first-order chi connectivity index (χ1) is 9.56. The maximum atomic E-state index is 5.85. The Kier molecular flexibility index (Phi) is 4.56. The van der Waals surface area contributed by atoms with Crippen molar-refractivity contribution in [3.8, 4) is 11.6 Å². The van der Waals surface area contributed by atoms with Gasteiger partial charge < -0.3 is 10.1 Å². The van der Waals surface area contributed by atoms with Crippen LogP contribution in [0.4, 0.5) is 5.95 Å². The summed E-state index contributed by atoms with van der Waals surface area (Å²) in [4.78, 5) is 8.73. The van der Waals surface area contributed by atoms with Gasteiger partial charge in [0.25, 0.3) is 0 Å². The molecule has 0 amide bonds. The van der Waals surface area contributed by atoms with Gasteiger partial charge in [0, 0.05) is 18.3 Å². The highest BCUT2D eigenvalue weighted by Gasteiger charge is 2.05. The van der Waals surface area contributed by atoms with Gasteiger partial charge in [0.2, 0.25) is 11.8 Å². The Balaban J connectivity index is 2.21. The molecule has 0 saturated heterocycles. The van der Waals surface area contributed by atoms with Gasteiger partial charge in [0.05, 0.1) is 0 Å². The first kappa shape index (κ1) is 14.3. The van der Waals surface area contributed by atoms with Crippen molar-refractivity contribution >= 4 is 5.95 Å². The van der Waals surface area contributed by atoms with E-state index in [2.05, 4.69) is 42.1 Å². The first-order valence-corrected chi connectivity index (χ1v) is 6.92. The predicted octanol–water partition coefficient (Wildman–Crippen LogP) is 4.02. The van der Waals surface area contributed by atoms with Gasteiger partial charge in [-0.25, -0.2) is 4.98 Å². The fraction of sp³-hybridized carbons (Fsp3) is 0.375. The van der Waals surface area contributed by atoms with Crippen LogP contribution in [0.25, 0.3) is 0 Å².